The van der Waals surface area contributed by atoms with Gasteiger partial charge in [0.2, 0.25) is 0 Å². The average molecular weight is 331 g/mol. The van der Waals surface area contributed by atoms with Crippen molar-refractivity contribution in [2.75, 3.05) is 4.72 Å². The van der Waals surface area contributed by atoms with Gasteiger partial charge < -0.3 is 0 Å². The second kappa shape index (κ2) is 5.60. The molecule has 1 aromatic carbocycles. The smallest absolute Gasteiger partial charge is 0.263 e. The second-order valence-corrected chi connectivity index (χ2v) is 6.79. The number of nitrogens with zero attached hydrogens (tertiary/aromatic N) is 1. The number of hydrogen-bond acceptors (Lipinski definition) is 3. The monoisotopic (exact) mass is 330 g/mol. The van der Waals surface area contributed by atoms with Gasteiger partial charge in [-0.15, -0.1) is 0 Å². The van der Waals surface area contributed by atoms with Crippen LogP contribution < -0.4 is 4.72 Å². The van der Waals surface area contributed by atoms with Crippen LogP contribution in [0.2, 0.25) is 10.0 Å². The Morgan fingerprint density at radius 2 is 1.80 bits per heavy atom. The number of halogens is 2. The molecule has 0 unspecified atom stereocenters. The molecular weight excluding hydrogens is 319 g/mol. The van der Waals surface area contributed by atoms with Crippen LogP contribution in [0, 0.1) is 13.8 Å². The van der Waals surface area contributed by atoms with Crippen molar-refractivity contribution < 1.29 is 8.42 Å². The lowest BCUT2D eigenvalue weighted by Crippen LogP contribution is -2.14. The van der Waals surface area contributed by atoms with Crippen molar-refractivity contribution in [2.45, 2.75) is 18.7 Å². The fourth-order valence-corrected chi connectivity index (χ4v) is 3.59. The number of benzene rings is 1. The molecule has 20 heavy (non-hydrogen) atoms. The van der Waals surface area contributed by atoms with Crippen LogP contribution in [0.3, 0.4) is 0 Å². The van der Waals surface area contributed by atoms with E-state index in [0.717, 1.165) is 5.56 Å². The van der Waals surface area contributed by atoms with Crippen molar-refractivity contribution >= 4 is 38.9 Å². The zero-order chi connectivity index (χ0) is 14.9. The van der Waals surface area contributed by atoms with Gasteiger partial charge in [0.15, 0.2) is 0 Å². The van der Waals surface area contributed by atoms with Crippen LogP contribution in [-0.2, 0) is 10.0 Å². The normalized spacial score (nSPS) is 11.4. The maximum atomic E-state index is 12.4. The standard InChI is InChI=1S/C13H12Cl2N2O2S/c1-8-5-13(11(15)6-10(8)14)20(18,19)17-12-3-4-16-7-9(12)2/h3-7H,1-2H3,(H,16,17). The number of nitrogens with one attached hydrogen (secondary N) is 1. The van der Waals surface area contributed by atoms with E-state index in [9.17, 15) is 8.42 Å². The number of pyridine rings is 1. The number of anilines is 1. The Morgan fingerprint density at radius 3 is 2.45 bits per heavy atom. The first kappa shape index (κ1) is 15.1. The van der Waals surface area contributed by atoms with E-state index in [1.807, 2.05) is 0 Å². The van der Waals surface area contributed by atoms with Gasteiger partial charge in [-0.05, 0) is 43.2 Å². The Balaban J connectivity index is 2.47. The van der Waals surface area contributed by atoms with Crippen LogP contribution in [-0.4, -0.2) is 13.4 Å². The molecule has 0 aliphatic carbocycles. The summed E-state index contributed by atoms with van der Waals surface area (Å²) in [5.41, 5.74) is 1.82. The Kier molecular flexibility index (Phi) is 4.22. The SMILES string of the molecule is Cc1cc(S(=O)(=O)Nc2ccncc2C)c(Cl)cc1Cl. The Bertz CT molecular complexity index is 761. The van der Waals surface area contributed by atoms with E-state index in [0.29, 0.717) is 16.3 Å². The van der Waals surface area contributed by atoms with E-state index in [1.54, 1.807) is 26.1 Å². The summed E-state index contributed by atoms with van der Waals surface area (Å²) in [6.07, 6.45) is 3.09. The van der Waals surface area contributed by atoms with E-state index >= 15 is 0 Å². The maximum absolute atomic E-state index is 12.4. The third-order valence-electron chi connectivity index (χ3n) is 2.77. The summed E-state index contributed by atoms with van der Waals surface area (Å²) in [7, 11) is -3.77. The third kappa shape index (κ3) is 3.06. The van der Waals surface area contributed by atoms with Crippen LogP contribution in [0.5, 0.6) is 0 Å². The molecule has 4 nitrogen and oxygen atoms in total. The molecule has 0 aliphatic rings. The van der Waals surface area contributed by atoms with Gasteiger partial charge in [0.25, 0.3) is 10.0 Å². The number of aromatic nitrogens is 1. The summed E-state index contributed by atoms with van der Waals surface area (Å²) in [6.45, 7) is 3.48. The molecule has 0 amide bonds. The van der Waals surface area contributed by atoms with E-state index in [-0.39, 0.29) is 9.92 Å². The van der Waals surface area contributed by atoms with Gasteiger partial charge in [0.05, 0.1) is 10.7 Å². The molecule has 2 rings (SSSR count). The van der Waals surface area contributed by atoms with Crippen molar-refractivity contribution in [2.24, 2.45) is 0 Å². The Hall–Kier alpha value is -1.30. The van der Waals surface area contributed by atoms with E-state index in [4.69, 9.17) is 23.2 Å². The highest BCUT2D eigenvalue weighted by molar-refractivity contribution is 7.92. The molecular formula is C13H12Cl2N2O2S. The molecule has 1 heterocycles. The summed E-state index contributed by atoms with van der Waals surface area (Å²) < 4.78 is 27.3. The third-order valence-corrected chi connectivity index (χ3v) is 5.00. The minimum Gasteiger partial charge on any atom is -0.279 e. The molecule has 0 spiro atoms. The lowest BCUT2D eigenvalue weighted by atomic mass is 10.2. The first-order chi connectivity index (χ1) is 9.31. The van der Waals surface area contributed by atoms with Gasteiger partial charge in [-0.1, -0.05) is 23.2 Å². The summed E-state index contributed by atoms with van der Waals surface area (Å²) in [6, 6.07) is 4.46. The number of sulfonamides is 1. The number of rotatable bonds is 3. The van der Waals surface area contributed by atoms with Crippen molar-refractivity contribution in [3.8, 4) is 0 Å². The molecule has 0 fully saturated rings. The summed E-state index contributed by atoms with van der Waals surface area (Å²) in [4.78, 5) is 3.91. The lowest BCUT2D eigenvalue weighted by Gasteiger charge is -2.12. The van der Waals surface area contributed by atoms with Crippen LogP contribution in [0.15, 0.2) is 35.5 Å². The highest BCUT2D eigenvalue weighted by atomic mass is 35.5. The Morgan fingerprint density at radius 1 is 1.10 bits per heavy atom. The van der Waals surface area contributed by atoms with Gasteiger partial charge in [0, 0.05) is 17.4 Å². The maximum Gasteiger partial charge on any atom is 0.263 e. The first-order valence-electron chi connectivity index (χ1n) is 5.70. The fraction of sp³-hybridized carbons (Fsp3) is 0.154. The van der Waals surface area contributed by atoms with E-state index in [2.05, 4.69) is 9.71 Å². The minimum absolute atomic E-state index is 0.00252. The molecule has 0 radical (unpaired) electrons. The Labute approximate surface area is 127 Å². The molecule has 0 aliphatic heterocycles. The largest absolute Gasteiger partial charge is 0.279 e. The lowest BCUT2D eigenvalue weighted by molar-refractivity contribution is 0.601. The van der Waals surface area contributed by atoms with Crippen LogP contribution in [0.4, 0.5) is 5.69 Å². The van der Waals surface area contributed by atoms with Crippen LogP contribution in [0.1, 0.15) is 11.1 Å². The van der Waals surface area contributed by atoms with Crippen LogP contribution in [0.25, 0.3) is 0 Å². The van der Waals surface area contributed by atoms with Gasteiger partial charge >= 0.3 is 0 Å². The minimum atomic E-state index is -3.77. The summed E-state index contributed by atoms with van der Waals surface area (Å²) in [5.74, 6) is 0. The topological polar surface area (TPSA) is 59.1 Å². The highest BCUT2D eigenvalue weighted by Gasteiger charge is 2.20. The predicted octanol–water partition coefficient (Wildman–Crippen LogP) is 3.81. The molecule has 0 saturated heterocycles. The van der Waals surface area contributed by atoms with Crippen molar-refractivity contribution in [3.63, 3.8) is 0 Å². The van der Waals surface area contributed by atoms with Crippen molar-refractivity contribution in [3.05, 3.63) is 51.8 Å². The number of aryl methyl sites for hydroxylation is 2. The fourth-order valence-electron chi connectivity index (χ4n) is 1.62. The first-order valence-corrected chi connectivity index (χ1v) is 7.94. The van der Waals surface area contributed by atoms with Gasteiger partial charge in [-0.3, -0.25) is 9.71 Å². The molecule has 0 saturated carbocycles. The van der Waals surface area contributed by atoms with E-state index in [1.165, 1.54) is 18.3 Å². The molecule has 0 bridgehead atoms. The molecule has 1 N–H and O–H groups in total. The quantitative estimate of drug-likeness (QED) is 0.930. The second-order valence-electron chi connectivity index (χ2n) is 4.33. The van der Waals surface area contributed by atoms with Gasteiger partial charge in [-0.2, -0.15) is 0 Å². The van der Waals surface area contributed by atoms with Crippen molar-refractivity contribution in [1.82, 2.24) is 4.98 Å². The molecule has 2 aromatic rings. The summed E-state index contributed by atoms with van der Waals surface area (Å²) in [5, 5.41) is 0.508. The molecule has 7 heteroatoms. The summed E-state index contributed by atoms with van der Waals surface area (Å²) >= 11 is 11.9. The van der Waals surface area contributed by atoms with Crippen molar-refractivity contribution in [1.29, 1.82) is 0 Å². The van der Waals surface area contributed by atoms with E-state index < -0.39 is 10.0 Å². The number of hydrogen-bond donors (Lipinski definition) is 1. The zero-order valence-corrected chi connectivity index (χ0v) is 13.1. The highest BCUT2D eigenvalue weighted by Crippen LogP contribution is 2.29. The van der Waals surface area contributed by atoms with Gasteiger partial charge in [0.1, 0.15) is 4.90 Å². The average Bonchev–Trinajstić information content (AvgIpc) is 2.36. The molecule has 106 valence electrons. The predicted molar refractivity (Wildman–Crippen MR) is 81.0 cm³/mol. The molecule has 0 atom stereocenters. The molecule has 1 aromatic heterocycles. The zero-order valence-electron chi connectivity index (χ0n) is 10.8. The van der Waals surface area contributed by atoms with Crippen LogP contribution >= 0.6 is 23.2 Å². The van der Waals surface area contributed by atoms with Gasteiger partial charge in [-0.25, -0.2) is 8.42 Å².